The fourth-order valence-electron chi connectivity index (χ4n) is 2.75. The van der Waals surface area contributed by atoms with Gasteiger partial charge in [0.25, 0.3) is 0 Å². The molecular formula is C21H23BF4N3P. The maximum absolute atomic E-state index is 9.75. The van der Waals surface area contributed by atoms with Gasteiger partial charge in [-0.2, -0.15) is 0 Å². The van der Waals surface area contributed by atoms with E-state index in [1.165, 1.54) is 15.9 Å². The number of nitrogens with two attached hydrogens (primary N) is 1. The maximum Gasteiger partial charge on any atom is 0.673 e. The Kier molecular flexibility index (Phi) is 8.42. The Hall–Kier alpha value is -2.86. The normalized spacial score (nSPS) is 12.0. The predicted molar refractivity (Wildman–Crippen MR) is 119 cm³/mol. The van der Waals surface area contributed by atoms with Crippen molar-refractivity contribution in [3.8, 4) is 0 Å². The lowest BCUT2D eigenvalue weighted by atomic mass is 10.3. The Bertz CT molecular complexity index is 921. The van der Waals surface area contributed by atoms with E-state index in [1.807, 2.05) is 18.7 Å². The maximum atomic E-state index is 9.75. The smallest absolute Gasteiger partial charge is 0.418 e. The lowest BCUT2D eigenvalue weighted by Crippen LogP contribution is -2.35. The van der Waals surface area contributed by atoms with Gasteiger partial charge in [0.2, 0.25) is 0 Å². The van der Waals surface area contributed by atoms with Crippen molar-refractivity contribution in [3.05, 3.63) is 84.9 Å². The summed E-state index contributed by atoms with van der Waals surface area (Å²) >= 11 is 0. The molecule has 0 atom stereocenters. The first-order valence-corrected chi connectivity index (χ1v) is 10.5. The van der Waals surface area contributed by atoms with Gasteiger partial charge in [-0.1, -0.05) is 72.8 Å². The van der Waals surface area contributed by atoms with Gasteiger partial charge in [0.05, 0.1) is 14.1 Å². The van der Waals surface area contributed by atoms with Gasteiger partial charge in [0, 0.05) is 0 Å². The topological polar surface area (TPSA) is 41.1 Å². The zero-order chi connectivity index (χ0) is 22.1. The molecule has 0 fully saturated rings. The van der Waals surface area contributed by atoms with Crippen LogP contribution < -0.4 is 27.0 Å². The molecule has 9 heteroatoms. The Balaban J connectivity index is 0.000000575. The third-order valence-corrected chi connectivity index (χ3v) is 6.55. The van der Waals surface area contributed by atoms with E-state index in [1.54, 1.807) is 0 Å². The average Bonchev–Trinajstić information content (AvgIpc) is 2.73. The number of nitrogens with one attached hydrogen (secondary N) is 1. The minimum Gasteiger partial charge on any atom is -0.418 e. The summed E-state index contributed by atoms with van der Waals surface area (Å²) in [7, 11) is -2.81. The number of guanidine groups is 1. The summed E-state index contributed by atoms with van der Waals surface area (Å²) in [6.45, 7) is 0. The molecule has 0 saturated carbocycles. The summed E-state index contributed by atoms with van der Waals surface area (Å²) < 4.78 is 41.0. The van der Waals surface area contributed by atoms with Crippen LogP contribution in [0, 0.1) is 0 Å². The highest BCUT2D eigenvalue weighted by Crippen LogP contribution is 2.33. The van der Waals surface area contributed by atoms with Crippen molar-refractivity contribution < 1.29 is 21.8 Å². The van der Waals surface area contributed by atoms with Crippen LogP contribution in [-0.2, 0) is 0 Å². The second-order valence-corrected chi connectivity index (χ2v) is 8.44. The van der Waals surface area contributed by atoms with Gasteiger partial charge >= 0.3 is 13.2 Å². The summed E-state index contributed by atoms with van der Waals surface area (Å²) in [5, 5.41) is 6.99. The third-order valence-electron chi connectivity index (χ3n) is 4.12. The molecule has 3 rings (SSSR count). The fourth-order valence-corrected chi connectivity index (χ4v) is 5.08. The van der Waals surface area contributed by atoms with E-state index in [-0.39, 0.29) is 0 Å². The minimum absolute atomic E-state index is 0.608. The molecule has 30 heavy (non-hydrogen) atoms. The molecule has 0 aliphatic carbocycles. The zero-order valence-corrected chi connectivity index (χ0v) is 17.5. The number of rotatable bonds is 4. The lowest BCUT2D eigenvalue weighted by Gasteiger charge is -2.20. The van der Waals surface area contributed by atoms with Gasteiger partial charge in [-0.25, -0.2) is 4.58 Å². The summed E-state index contributed by atoms with van der Waals surface area (Å²) in [5.74, 6) is 0.626. The molecule has 3 N–H and O–H groups in total. The van der Waals surface area contributed by atoms with Crippen molar-refractivity contribution in [2.24, 2.45) is 5.73 Å². The second kappa shape index (κ2) is 10.8. The molecule has 3 nitrogen and oxygen atoms in total. The SMILES string of the molecule is CNC(N)=[N+](C)c1cccc(P(c2ccccc2)c2ccccc2)c1.F[B-](F)(F)F. The Morgan fingerprint density at radius 2 is 1.23 bits per heavy atom. The van der Waals surface area contributed by atoms with E-state index in [4.69, 9.17) is 5.73 Å². The van der Waals surface area contributed by atoms with Crippen molar-refractivity contribution in [2.75, 3.05) is 14.1 Å². The van der Waals surface area contributed by atoms with E-state index in [0.29, 0.717) is 5.96 Å². The Morgan fingerprint density at radius 1 is 0.800 bits per heavy atom. The van der Waals surface area contributed by atoms with E-state index in [2.05, 4.69) is 90.2 Å². The van der Waals surface area contributed by atoms with Gasteiger partial charge in [-0.05, 0) is 36.0 Å². The van der Waals surface area contributed by atoms with Crippen LogP contribution in [0.25, 0.3) is 0 Å². The number of halogens is 4. The fraction of sp³-hybridized carbons (Fsp3) is 0.0952. The molecule has 3 aromatic rings. The minimum atomic E-state index is -6.00. The summed E-state index contributed by atoms with van der Waals surface area (Å²) in [6, 6.07) is 30.0. The Labute approximate surface area is 175 Å². The number of hydrogen-bond acceptors (Lipinski definition) is 0. The first kappa shape index (κ1) is 23.4. The molecule has 0 saturated heterocycles. The lowest BCUT2D eigenvalue weighted by molar-refractivity contribution is -0.408. The van der Waals surface area contributed by atoms with Gasteiger partial charge < -0.3 is 17.3 Å². The van der Waals surface area contributed by atoms with Crippen LogP contribution in [0.5, 0.6) is 0 Å². The van der Waals surface area contributed by atoms with E-state index in [9.17, 15) is 17.3 Å². The predicted octanol–water partition coefficient (Wildman–Crippen LogP) is 3.55. The van der Waals surface area contributed by atoms with E-state index in [0.717, 1.165) is 5.69 Å². The van der Waals surface area contributed by atoms with Crippen LogP contribution in [0.15, 0.2) is 84.9 Å². The molecule has 0 amide bonds. The van der Waals surface area contributed by atoms with Crippen molar-refractivity contribution in [2.45, 2.75) is 0 Å². The van der Waals surface area contributed by atoms with Crippen LogP contribution in [0.4, 0.5) is 23.0 Å². The molecule has 0 radical (unpaired) electrons. The van der Waals surface area contributed by atoms with Crippen LogP contribution >= 0.6 is 7.92 Å². The summed E-state index contributed by atoms with van der Waals surface area (Å²) in [4.78, 5) is 0. The van der Waals surface area contributed by atoms with Crippen molar-refractivity contribution in [1.29, 1.82) is 0 Å². The van der Waals surface area contributed by atoms with Crippen LogP contribution in [0.3, 0.4) is 0 Å². The van der Waals surface area contributed by atoms with Crippen molar-refractivity contribution in [1.82, 2.24) is 5.32 Å². The van der Waals surface area contributed by atoms with E-state index < -0.39 is 15.2 Å². The van der Waals surface area contributed by atoms with Crippen LogP contribution in [0.1, 0.15) is 0 Å². The number of hydrogen-bond donors (Lipinski definition) is 2. The molecular weight excluding hydrogens is 412 g/mol. The summed E-state index contributed by atoms with van der Waals surface area (Å²) in [6.07, 6.45) is 0. The molecule has 158 valence electrons. The highest BCUT2D eigenvalue weighted by molar-refractivity contribution is 7.79. The molecule has 0 aliphatic rings. The number of nitrogens with zero attached hydrogens (tertiary/aromatic N) is 1. The molecule has 3 aromatic carbocycles. The van der Waals surface area contributed by atoms with E-state index >= 15 is 0 Å². The zero-order valence-electron chi connectivity index (χ0n) is 16.6. The molecule has 0 spiro atoms. The quantitative estimate of drug-likeness (QED) is 0.164. The first-order chi connectivity index (χ1) is 14.2. The van der Waals surface area contributed by atoms with Crippen molar-refractivity contribution in [3.63, 3.8) is 0 Å². The molecule has 0 bridgehead atoms. The monoisotopic (exact) mass is 435 g/mol. The molecule has 0 aromatic heterocycles. The Morgan fingerprint density at radius 3 is 1.67 bits per heavy atom. The molecule has 0 aliphatic heterocycles. The highest BCUT2D eigenvalue weighted by Gasteiger charge is 2.20. The number of benzene rings is 3. The van der Waals surface area contributed by atoms with Gasteiger partial charge in [-0.15, -0.1) is 0 Å². The third kappa shape index (κ3) is 7.19. The molecule has 0 heterocycles. The largest absolute Gasteiger partial charge is 0.673 e. The summed E-state index contributed by atoms with van der Waals surface area (Å²) in [5.41, 5.74) is 7.11. The average molecular weight is 435 g/mol. The van der Waals surface area contributed by atoms with Crippen LogP contribution in [0.2, 0.25) is 0 Å². The van der Waals surface area contributed by atoms with Gasteiger partial charge in [0.15, 0.2) is 0 Å². The second-order valence-electron chi connectivity index (χ2n) is 6.22. The standard InChI is InChI=1S/C21H22N3P.BF4/c1-23-21(22)24(2)17-10-9-15-20(16-17)25(18-11-5-3-6-12-18)19-13-7-4-8-14-19;2-1(3,4)5/h3-16H,1-2H3,(H2,22,23);/q;-1/p+1. The van der Waals surface area contributed by atoms with Crippen LogP contribution in [-0.4, -0.2) is 31.9 Å². The highest BCUT2D eigenvalue weighted by atomic mass is 31.1. The van der Waals surface area contributed by atoms with Gasteiger partial charge in [0.1, 0.15) is 5.69 Å². The van der Waals surface area contributed by atoms with Gasteiger partial charge in [-0.3, -0.25) is 11.1 Å². The first-order valence-electron chi connectivity index (χ1n) is 9.12. The van der Waals surface area contributed by atoms with Crippen molar-refractivity contribution >= 4 is 42.7 Å². The molecule has 0 unspecified atom stereocenters.